The maximum atomic E-state index is 3.62. The molecule has 1 aliphatic carbocycles. The minimum absolute atomic E-state index is 0.226. The van der Waals surface area contributed by atoms with Crippen LogP contribution in [0.5, 0.6) is 0 Å². The van der Waals surface area contributed by atoms with Crippen molar-refractivity contribution in [3.63, 3.8) is 0 Å². The fraction of sp³-hybridized carbons (Fsp3) is 1.00. The van der Waals surface area contributed by atoms with Gasteiger partial charge < -0.3 is 10.2 Å². The normalized spacial score (nSPS) is 18.5. The number of hydrogen-bond donors (Lipinski definition) is 1. The van der Waals surface area contributed by atoms with E-state index in [0.29, 0.717) is 5.41 Å². The molecule has 1 saturated carbocycles. The van der Waals surface area contributed by atoms with Crippen molar-refractivity contribution >= 4 is 0 Å². The predicted octanol–water partition coefficient (Wildman–Crippen LogP) is 3.13. The molecule has 0 amide bonds. The SMILES string of the molecule is CN(CC1CCC1)CC(C)(C)CNC(C)(C)C. The molecule has 0 aromatic carbocycles. The van der Waals surface area contributed by atoms with Crippen LogP contribution in [0.15, 0.2) is 0 Å². The fourth-order valence-corrected chi connectivity index (χ4v) is 2.47. The Morgan fingerprint density at radius 3 is 2.12 bits per heavy atom. The van der Waals surface area contributed by atoms with E-state index in [1.54, 1.807) is 0 Å². The first-order chi connectivity index (χ1) is 7.68. The molecule has 17 heavy (non-hydrogen) atoms. The second-order valence-electron chi connectivity index (χ2n) is 7.76. The third-order valence-electron chi connectivity index (χ3n) is 3.59. The van der Waals surface area contributed by atoms with Gasteiger partial charge in [-0.3, -0.25) is 0 Å². The molecule has 0 atom stereocenters. The van der Waals surface area contributed by atoms with Crippen molar-refractivity contribution in [2.75, 3.05) is 26.7 Å². The Bertz CT molecular complexity index is 224. The van der Waals surface area contributed by atoms with E-state index in [-0.39, 0.29) is 5.54 Å². The standard InChI is InChI=1S/C15H32N2/c1-14(2,3)16-11-15(4,5)12-17(6)10-13-8-7-9-13/h13,16H,7-12H2,1-6H3. The first-order valence-electron chi connectivity index (χ1n) is 7.12. The highest BCUT2D eigenvalue weighted by atomic mass is 15.1. The topological polar surface area (TPSA) is 15.3 Å². The van der Waals surface area contributed by atoms with Crippen molar-refractivity contribution in [3.05, 3.63) is 0 Å². The maximum Gasteiger partial charge on any atom is 0.00967 e. The molecule has 0 spiro atoms. The van der Waals surface area contributed by atoms with E-state index in [1.807, 2.05) is 0 Å². The highest BCUT2D eigenvalue weighted by molar-refractivity contribution is 4.81. The molecule has 0 radical (unpaired) electrons. The second-order valence-corrected chi connectivity index (χ2v) is 7.76. The molecule has 0 heterocycles. The van der Waals surface area contributed by atoms with E-state index in [1.165, 1.54) is 32.4 Å². The molecular weight excluding hydrogens is 208 g/mol. The molecule has 102 valence electrons. The minimum atomic E-state index is 0.226. The van der Waals surface area contributed by atoms with Gasteiger partial charge in [0.15, 0.2) is 0 Å². The van der Waals surface area contributed by atoms with E-state index < -0.39 is 0 Å². The molecule has 2 heteroatoms. The van der Waals surface area contributed by atoms with Gasteiger partial charge in [0, 0.05) is 25.2 Å². The average Bonchev–Trinajstić information content (AvgIpc) is 2.07. The first-order valence-corrected chi connectivity index (χ1v) is 7.12. The zero-order valence-corrected chi connectivity index (χ0v) is 12.8. The largest absolute Gasteiger partial charge is 0.311 e. The molecule has 0 aliphatic heterocycles. The van der Waals surface area contributed by atoms with Crippen molar-refractivity contribution < 1.29 is 0 Å². The Balaban J connectivity index is 2.26. The molecular formula is C15H32N2. The van der Waals surface area contributed by atoms with Crippen molar-refractivity contribution in [3.8, 4) is 0 Å². The van der Waals surface area contributed by atoms with Gasteiger partial charge in [0.05, 0.1) is 0 Å². The van der Waals surface area contributed by atoms with E-state index in [4.69, 9.17) is 0 Å². The summed E-state index contributed by atoms with van der Waals surface area (Å²) in [5.74, 6) is 0.978. The van der Waals surface area contributed by atoms with Crippen LogP contribution in [0.3, 0.4) is 0 Å². The summed E-state index contributed by atoms with van der Waals surface area (Å²) >= 11 is 0. The lowest BCUT2D eigenvalue weighted by atomic mass is 9.84. The second kappa shape index (κ2) is 5.71. The van der Waals surface area contributed by atoms with E-state index in [2.05, 4.69) is 51.9 Å². The minimum Gasteiger partial charge on any atom is -0.311 e. The van der Waals surface area contributed by atoms with Crippen molar-refractivity contribution in [1.82, 2.24) is 10.2 Å². The third-order valence-corrected chi connectivity index (χ3v) is 3.59. The van der Waals surface area contributed by atoms with Gasteiger partial charge in [-0.1, -0.05) is 20.3 Å². The van der Waals surface area contributed by atoms with E-state index in [9.17, 15) is 0 Å². The molecule has 1 N–H and O–H groups in total. The number of nitrogens with zero attached hydrogens (tertiary/aromatic N) is 1. The summed E-state index contributed by atoms with van der Waals surface area (Å²) in [7, 11) is 2.27. The number of nitrogens with one attached hydrogen (secondary N) is 1. The smallest absolute Gasteiger partial charge is 0.00967 e. The van der Waals surface area contributed by atoms with Gasteiger partial charge in [-0.25, -0.2) is 0 Å². The fourth-order valence-electron chi connectivity index (χ4n) is 2.47. The van der Waals surface area contributed by atoms with Crippen LogP contribution in [0.25, 0.3) is 0 Å². The van der Waals surface area contributed by atoms with Gasteiger partial charge in [-0.05, 0) is 52.0 Å². The first kappa shape index (κ1) is 15.0. The van der Waals surface area contributed by atoms with Crippen LogP contribution in [0.4, 0.5) is 0 Å². The summed E-state index contributed by atoms with van der Waals surface area (Å²) in [6, 6.07) is 0. The molecule has 0 unspecified atom stereocenters. The van der Waals surface area contributed by atoms with Crippen molar-refractivity contribution in [1.29, 1.82) is 0 Å². The monoisotopic (exact) mass is 240 g/mol. The molecule has 0 bridgehead atoms. The average molecular weight is 240 g/mol. The zero-order chi connectivity index (χ0) is 13.1. The summed E-state index contributed by atoms with van der Waals surface area (Å²) in [6.45, 7) is 15.0. The van der Waals surface area contributed by atoms with Gasteiger partial charge in [0.1, 0.15) is 0 Å². The quantitative estimate of drug-likeness (QED) is 0.767. The van der Waals surface area contributed by atoms with Crippen LogP contribution in [-0.4, -0.2) is 37.1 Å². The molecule has 0 aromatic heterocycles. The maximum absolute atomic E-state index is 3.62. The van der Waals surface area contributed by atoms with Gasteiger partial charge in [-0.15, -0.1) is 0 Å². The highest BCUT2D eigenvalue weighted by Crippen LogP contribution is 2.27. The molecule has 1 aliphatic rings. The summed E-state index contributed by atoms with van der Waals surface area (Å²) < 4.78 is 0. The lowest BCUT2D eigenvalue weighted by molar-refractivity contribution is 0.146. The van der Waals surface area contributed by atoms with Crippen LogP contribution >= 0.6 is 0 Å². The van der Waals surface area contributed by atoms with Crippen molar-refractivity contribution in [2.45, 2.75) is 59.4 Å². The van der Waals surface area contributed by atoms with Gasteiger partial charge in [0.25, 0.3) is 0 Å². The predicted molar refractivity (Wildman–Crippen MR) is 76.4 cm³/mol. The Morgan fingerprint density at radius 2 is 1.71 bits per heavy atom. The summed E-state index contributed by atoms with van der Waals surface area (Å²) in [5, 5.41) is 3.62. The van der Waals surface area contributed by atoms with Gasteiger partial charge >= 0.3 is 0 Å². The van der Waals surface area contributed by atoms with Gasteiger partial charge in [-0.2, -0.15) is 0 Å². The van der Waals surface area contributed by atoms with E-state index >= 15 is 0 Å². The molecule has 0 aromatic rings. The highest BCUT2D eigenvalue weighted by Gasteiger charge is 2.25. The lowest BCUT2D eigenvalue weighted by Crippen LogP contribution is -2.46. The molecule has 1 rings (SSSR count). The summed E-state index contributed by atoms with van der Waals surface area (Å²) in [4.78, 5) is 2.52. The third kappa shape index (κ3) is 6.42. The summed E-state index contributed by atoms with van der Waals surface area (Å²) in [6.07, 6.45) is 4.35. The van der Waals surface area contributed by atoms with E-state index in [0.717, 1.165) is 12.5 Å². The molecule has 2 nitrogen and oxygen atoms in total. The van der Waals surface area contributed by atoms with Crippen LogP contribution in [-0.2, 0) is 0 Å². The van der Waals surface area contributed by atoms with Crippen molar-refractivity contribution in [2.24, 2.45) is 11.3 Å². The molecule has 1 fully saturated rings. The van der Waals surface area contributed by atoms with Crippen LogP contribution in [0.2, 0.25) is 0 Å². The van der Waals surface area contributed by atoms with Crippen LogP contribution in [0, 0.1) is 11.3 Å². The Labute approximate surface area is 108 Å². The number of hydrogen-bond acceptors (Lipinski definition) is 2. The van der Waals surface area contributed by atoms with Crippen LogP contribution < -0.4 is 5.32 Å². The zero-order valence-electron chi connectivity index (χ0n) is 12.8. The Morgan fingerprint density at radius 1 is 1.12 bits per heavy atom. The summed E-state index contributed by atoms with van der Waals surface area (Å²) in [5.41, 5.74) is 0.579. The van der Waals surface area contributed by atoms with Crippen LogP contribution in [0.1, 0.15) is 53.9 Å². The Hall–Kier alpha value is -0.0800. The Kier molecular flexibility index (Phi) is 5.03. The lowest BCUT2D eigenvalue weighted by Gasteiger charge is -2.36. The molecule has 0 saturated heterocycles. The van der Waals surface area contributed by atoms with Gasteiger partial charge in [0.2, 0.25) is 0 Å². The number of rotatable bonds is 6.